The molecule has 3 rings (SSSR count). The van der Waals surface area contributed by atoms with Gasteiger partial charge in [0.25, 0.3) is 5.91 Å². The third-order valence-electron chi connectivity index (χ3n) is 5.40. The molecule has 5 nitrogen and oxygen atoms in total. The number of fused-ring (bicyclic) bond motifs is 2. The number of carbonyl (C=O) groups excluding carboxylic acids is 2. The predicted octanol–water partition coefficient (Wildman–Crippen LogP) is 3.69. The summed E-state index contributed by atoms with van der Waals surface area (Å²) in [6, 6.07) is 6.10. The Hall–Kier alpha value is -2.43. The van der Waals surface area contributed by atoms with Crippen molar-refractivity contribution in [2.75, 3.05) is 20.2 Å². The van der Waals surface area contributed by atoms with Gasteiger partial charge in [-0.3, -0.25) is 14.6 Å². The molecular formula is C22H28N2O3. The molecule has 0 radical (unpaired) electrons. The number of esters is 1. The number of amides is 1. The topological polar surface area (TPSA) is 59.5 Å². The second-order valence-corrected chi connectivity index (χ2v) is 7.41. The summed E-state index contributed by atoms with van der Waals surface area (Å²) in [7, 11) is 1.38. The smallest absolute Gasteiger partial charge is 0.310 e. The summed E-state index contributed by atoms with van der Waals surface area (Å²) >= 11 is 0. The highest BCUT2D eigenvalue weighted by Gasteiger charge is 2.27. The van der Waals surface area contributed by atoms with Crippen LogP contribution < -0.4 is 0 Å². The van der Waals surface area contributed by atoms with Gasteiger partial charge >= 0.3 is 5.97 Å². The maximum atomic E-state index is 13.6. The summed E-state index contributed by atoms with van der Waals surface area (Å²) in [5, 5.41) is 0.921. The number of carbonyl (C=O) groups is 2. The Kier molecular flexibility index (Phi) is 5.78. The Bertz CT molecular complexity index is 875. The van der Waals surface area contributed by atoms with Crippen molar-refractivity contribution in [1.29, 1.82) is 0 Å². The van der Waals surface area contributed by atoms with Crippen LogP contribution in [0.15, 0.2) is 18.2 Å². The molecule has 2 aromatic rings. The minimum atomic E-state index is -0.357. The van der Waals surface area contributed by atoms with Gasteiger partial charge in [0.1, 0.15) is 0 Å². The van der Waals surface area contributed by atoms with Crippen molar-refractivity contribution in [3.8, 4) is 0 Å². The third kappa shape index (κ3) is 3.82. The number of aryl methyl sites for hydroxylation is 2. The van der Waals surface area contributed by atoms with Gasteiger partial charge in [0.05, 0.1) is 24.1 Å². The fourth-order valence-electron chi connectivity index (χ4n) is 3.90. The van der Waals surface area contributed by atoms with E-state index in [0.29, 0.717) is 13.1 Å². The van der Waals surface area contributed by atoms with E-state index in [0.717, 1.165) is 59.0 Å². The molecule has 1 aromatic carbocycles. The molecule has 0 N–H and O–H groups in total. The zero-order valence-corrected chi connectivity index (χ0v) is 16.7. The largest absolute Gasteiger partial charge is 0.469 e. The molecule has 5 heteroatoms. The number of benzene rings is 1. The monoisotopic (exact) mass is 368 g/mol. The van der Waals surface area contributed by atoms with Crippen LogP contribution in [0.25, 0.3) is 10.9 Å². The molecule has 0 saturated heterocycles. The Morgan fingerprint density at radius 3 is 2.70 bits per heavy atom. The average molecular weight is 368 g/mol. The summed E-state index contributed by atoms with van der Waals surface area (Å²) in [5.74, 6) is -0.660. The van der Waals surface area contributed by atoms with Crippen LogP contribution in [0, 0.1) is 12.8 Å². The quantitative estimate of drug-likeness (QED) is 0.755. The fraction of sp³-hybridized carbons (Fsp3) is 0.500. The van der Waals surface area contributed by atoms with Gasteiger partial charge in [0, 0.05) is 24.2 Å². The maximum absolute atomic E-state index is 13.6. The first-order chi connectivity index (χ1) is 13.0. The second kappa shape index (κ2) is 8.07. The molecule has 0 bridgehead atoms. The lowest BCUT2D eigenvalue weighted by Crippen LogP contribution is -2.38. The molecule has 1 unspecified atom stereocenters. The molecular weight excluding hydrogens is 340 g/mol. The standard InChI is InChI=1S/C22H28N2O3/c1-5-24(13-15(3)22(26)27-4)21(25)20-16-8-6-7-9-18(16)23-19-11-10-14(2)12-17(19)20/h10-12,15H,5-9,13H2,1-4H3. The molecule has 1 amide bonds. The van der Waals surface area contributed by atoms with Crippen LogP contribution in [0.3, 0.4) is 0 Å². The molecule has 1 aliphatic carbocycles. The first kappa shape index (κ1) is 19.3. The fourth-order valence-corrected chi connectivity index (χ4v) is 3.90. The van der Waals surface area contributed by atoms with E-state index in [4.69, 9.17) is 9.72 Å². The predicted molar refractivity (Wildman–Crippen MR) is 106 cm³/mol. The average Bonchev–Trinajstić information content (AvgIpc) is 2.68. The molecule has 1 aromatic heterocycles. The lowest BCUT2D eigenvalue weighted by molar-refractivity contribution is -0.145. The lowest BCUT2D eigenvalue weighted by atomic mass is 9.88. The van der Waals surface area contributed by atoms with Crippen LogP contribution in [0.2, 0.25) is 0 Å². The second-order valence-electron chi connectivity index (χ2n) is 7.41. The minimum absolute atomic E-state index is 0.00981. The Morgan fingerprint density at radius 1 is 1.26 bits per heavy atom. The molecule has 144 valence electrons. The highest BCUT2D eigenvalue weighted by atomic mass is 16.5. The number of hydrogen-bond donors (Lipinski definition) is 0. The van der Waals surface area contributed by atoms with E-state index in [1.165, 1.54) is 7.11 Å². The molecule has 27 heavy (non-hydrogen) atoms. The lowest BCUT2D eigenvalue weighted by Gasteiger charge is -2.27. The molecule has 0 aliphatic heterocycles. The van der Waals surface area contributed by atoms with E-state index in [9.17, 15) is 9.59 Å². The first-order valence-corrected chi connectivity index (χ1v) is 9.75. The number of aromatic nitrogens is 1. The summed E-state index contributed by atoms with van der Waals surface area (Å²) in [4.78, 5) is 32.0. The van der Waals surface area contributed by atoms with Gasteiger partial charge in [-0.1, -0.05) is 18.6 Å². The SMILES string of the molecule is CCN(CC(C)C(=O)OC)C(=O)c1c2c(nc3ccc(C)cc13)CCCC2. The summed E-state index contributed by atoms with van der Waals surface area (Å²) in [6.45, 7) is 6.68. The van der Waals surface area contributed by atoms with Crippen LogP contribution in [-0.4, -0.2) is 42.0 Å². The van der Waals surface area contributed by atoms with E-state index in [2.05, 4.69) is 6.07 Å². The summed E-state index contributed by atoms with van der Waals surface area (Å²) < 4.78 is 4.83. The van der Waals surface area contributed by atoms with Gasteiger partial charge < -0.3 is 9.64 Å². The number of hydrogen-bond acceptors (Lipinski definition) is 4. The zero-order valence-electron chi connectivity index (χ0n) is 16.7. The van der Waals surface area contributed by atoms with Crippen molar-refractivity contribution in [2.45, 2.75) is 46.5 Å². The summed E-state index contributed by atoms with van der Waals surface area (Å²) in [6.07, 6.45) is 4.00. The molecule has 0 fully saturated rings. The first-order valence-electron chi connectivity index (χ1n) is 9.75. The molecule has 1 heterocycles. The van der Waals surface area contributed by atoms with Gasteiger partial charge in [0.2, 0.25) is 0 Å². The number of nitrogens with zero attached hydrogens (tertiary/aromatic N) is 2. The molecule has 0 spiro atoms. The van der Waals surface area contributed by atoms with Crippen molar-refractivity contribution in [1.82, 2.24) is 9.88 Å². The molecule has 1 aliphatic rings. The Balaban J connectivity index is 2.09. The van der Waals surface area contributed by atoms with E-state index in [1.54, 1.807) is 11.8 Å². The Labute approximate surface area is 160 Å². The Morgan fingerprint density at radius 2 is 2.00 bits per heavy atom. The van der Waals surface area contributed by atoms with E-state index in [1.807, 2.05) is 26.0 Å². The van der Waals surface area contributed by atoms with Crippen molar-refractivity contribution in [2.24, 2.45) is 5.92 Å². The van der Waals surface area contributed by atoms with Crippen molar-refractivity contribution in [3.63, 3.8) is 0 Å². The van der Waals surface area contributed by atoms with E-state index >= 15 is 0 Å². The van der Waals surface area contributed by atoms with Crippen molar-refractivity contribution < 1.29 is 14.3 Å². The molecule has 0 saturated carbocycles. The van der Waals surface area contributed by atoms with Gasteiger partial charge in [0.15, 0.2) is 0 Å². The minimum Gasteiger partial charge on any atom is -0.469 e. The zero-order chi connectivity index (χ0) is 19.6. The summed E-state index contributed by atoms with van der Waals surface area (Å²) in [5.41, 5.74) is 4.91. The van der Waals surface area contributed by atoms with Crippen LogP contribution in [0.4, 0.5) is 0 Å². The normalized spacial score (nSPS) is 14.5. The van der Waals surface area contributed by atoms with Gasteiger partial charge in [-0.15, -0.1) is 0 Å². The van der Waals surface area contributed by atoms with Crippen LogP contribution in [0.1, 0.15) is 53.9 Å². The number of ether oxygens (including phenoxy) is 1. The van der Waals surface area contributed by atoms with Crippen molar-refractivity contribution in [3.05, 3.63) is 40.6 Å². The van der Waals surface area contributed by atoms with Gasteiger partial charge in [-0.25, -0.2) is 0 Å². The van der Waals surface area contributed by atoms with Crippen LogP contribution >= 0.6 is 0 Å². The maximum Gasteiger partial charge on any atom is 0.310 e. The highest BCUT2D eigenvalue weighted by molar-refractivity contribution is 6.08. The number of methoxy groups -OCH3 is 1. The number of pyridine rings is 1. The molecule has 1 atom stereocenters. The number of rotatable bonds is 5. The third-order valence-corrected chi connectivity index (χ3v) is 5.40. The van der Waals surface area contributed by atoms with Crippen molar-refractivity contribution >= 4 is 22.8 Å². The van der Waals surface area contributed by atoms with E-state index < -0.39 is 0 Å². The van der Waals surface area contributed by atoms with Gasteiger partial charge in [-0.05, 0) is 57.2 Å². The van der Waals surface area contributed by atoms with E-state index in [-0.39, 0.29) is 17.8 Å². The van der Waals surface area contributed by atoms with Crippen LogP contribution in [-0.2, 0) is 22.4 Å². The van der Waals surface area contributed by atoms with Crippen LogP contribution in [0.5, 0.6) is 0 Å². The van der Waals surface area contributed by atoms with Gasteiger partial charge in [-0.2, -0.15) is 0 Å². The highest BCUT2D eigenvalue weighted by Crippen LogP contribution is 2.31.